The van der Waals surface area contributed by atoms with E-state index in [1.54, 1.807) is 12.1 Å². The van der Waals surface area contributed by atoms with E-state index >= 15 is 0 Å². The molecule has 1 fully saturated rings. The van der Waals surface area contributed by atoms with Crippen molar-refractivity contribution in [2.75, 3.05) is 6.54 Å². The highest BCUT2D eigenvalue weighted by atomic mass is 35.5. The molecule has 0 saturated carbocycles. The zero-order valence-corrected chi connectivity index (χ0v) is 16.0. The Labute approximate surface area is 158 Å². The number of benzene rings is 1. The Bertz CT molecular complexity index is 639. The highest BCUT2D eigenvalue weighted by Gasteiger charge is 2.35. The average Bonchev–Trinajstić information content (AvgIpc) is 2.62. The first-order chi connectivity index (χ1) is 11.8. The van der Waals surface area contributed by atoms with Crippen LogP contribution in [-0.4, -0.2) is 29.6 Å². The van der Waals surface area contributed by atoms with E-state index in [0.29, 0.717) is 42.3 Å². The number of piperidine rings is 1. The predicted molar refractivity (Wildman–Crippen MR) is 99.0 cm³/mol. The van der Waals surface area contributed by atoms with Crippen LogP contribution in [-0.2, 0) is 15.1 Å². The zero-order chi connectivity index (χ0) is 18.6. The smallest absolute Gasteiger partial charge is 0.320 e. The fraction of sp³-hybridized carbons (Fsp3) is 0.556. The van der Waals surface area contributed by atoms with Crippen LogP contribution in [0.4, 0.5) is 0 Å². The van der Waals surface area contributed by atoms with Crippen LogP contribution in [0.5, 0.6) is 0 Å². The van der Waals surface area contributed by atoms with Crippen molar-refractivity contribution >= 4 is 35.1 Å². The number of nitrogens with one attached hydrogen (secondary N) is 2. The standard InChI is InChI=1S/C18H24Cl2N2O3/c1-3-18(4-2,12-6-7-13(19)14(20)9-12)22-16(23)11-5-8-15(17(24)25)21-10-11/h6-7,9,11,15,21H,3-5,8,10H2,1-2H3,(H,22,23)(H,24,25). The molecule has 7 heteroatoms. The first-order valence-corrected chi connectivity index (χ1v) is 9.32. The van der Waals surface area contributed by atoms with E-state index in [9.17, 15) is 9.59 Å². The van der Waals surface area contributed by atoms with E-state index in [-0.39, 0.29) is 11.8 Å². The largest absolute Gasteiger partial charge is 0.480 e. The van der Waals surface area contributed by atoms with Gasteiger partial charge in [-0.1, -0.05) is 43.1 Å². The van der Waals surface area contributed by atoms with Crippen molar-refractivity contribution in [2.24, 2.45) is 5.92 Å². The summed E-state index contributed by atoms with van der Waals surface area (Å²) < 4.78 is 0. The number of carboxylic acids is 1. The summed E-state index contributed by atoms with van der Waals surface area (Å²) in [7, 11) is 0. The van der Waals surface area contributed by atoms with Crippen molar-refractivity contribution < 1.29 is 14.7 Å². The van der Waals surface area contributed by atoms with Gasteiger partial charge < -0.3 is 15.7 Å². The fourth-order valence-corrected chi connectivity index (χ4v) is 3.63. The normalized spacial score (nSPS) is 21.0. The second-order valence-electron chi connectivity index (χ2n) is 6.48. The Hall–Kier alpha value is -1.30. The van der Waals surface area contributed by atoms with Gasteiger partial charge in [0, 0.05) is 6.54 Å². The lowest BCUT2D eigenvalue weighted by atomic mass is 9.83. The molecule has 0 aromatic heterocycles. The number of amides is 1. The van der Waals surface area contributed by atoms with E-state index in [0.717, 1.165) is 5.56 Å². The highest BCUT2D eigenvalue weighted by molar-refractivity contribution is 6.42. The number of hydrogen-bond donors (Lipinski definition) is 3. The molecule has 1 aromatic carbocycles. The number of carbonyl (C=O) groups is 2. The summed E-state index contributed by atoms with van der Waals surface area (Å²) >= 11 is 12.2. The van der Waals surface area contributed by atoms with Gasteiger partial charge in [-0.15, -0.1) is 0 Å². The van der Waals surface area contributed by atoms with Gasteiger partial charge in [0.1, 0.15) is 6.04 Å². The van der Waals surface area contributed by atoms with E-state index < -0.39 is 17.6 Å². The Morgan fingerprint density at radius 1 is 1.24 bits per heavy atom. The summed E-state index contributed by atoms with van der Waals surface area (Å²) in [6, 6.07) is 4.87. The Kier molecular flexibility index (Phi) is 6.72. The van der Waals surface area contributed by atoms with Crippen LogP contribution in [0.2, 0.25) is 10.0 Å². The van der Waals surface area contributed by atoms with Crippen LogP contribution in [0.1, 0.15) is 45.1 Å². The first-order valence-electron chi connectivity index (χ1n) is 8.56. The van der Waals surface area contributed by atoms with Gasteiger partial charge in [0.25, 0.3) is 0 Å². The molecule has 25 heavy (non-hydrogen) atoms. The minimum absolute atomic E-state index is 0.0638. The van der Waals surface area contributed by atoms with Crippen molar-refractivity contribution in [2.45, 2.75) is 51.1 Å². The molecular weight excluding hydrogens is 363 g/mol. The van der Waals surface area contributed by atoms with Gasteiger partial charge in [-0.05, 0) is 43.4 Å². The Balaban J connectivity index is 2.14. The summed E-state index contributed by atoms with van der Waals surface area (Å²) in [4.78, 5) is 23.8. The first kappa shape index (κ1) is 20.0. The van der Waals surface area contributed by atoms with E-state index in [1.165, 1.54) is 0 Å². The van der Waals surface area contributed by atoms with Crippen molar-refractivity contribution in [1.29, 1.82) is 0 Å². The molecular formula is C18H24Cl2N2O3. The maximum atomic E-state index is 12.8. The number of hydrogen-bond acceptors (Lipinski definition) is 3. The van der Waals surface area contributed by atoms with Gasteiger partial charge in [0.2, 0.25) is 5.91 Å². The van der Waals surface area contributed by atoms with Crippen LogP contribution in [0, 0.1) is 5.92 Å². The van der Waals surface area contributed by atoms with Crippen LogP contribution in [0.15, 0.2) is 18.2 Å². The molecule has 5 nitrogen and oxygen atoms in total. The van der Waals surface area contributed by atoms with Crippen molar-refractivity contribution in [1.82, 2.24) is 10.6 Å². The number of halogens is 2. The average molecular weight is 387 g/mol. The van der Waals surface area contributed by atoms with E-state index in [2.05, 4.69) is 10.6 Å². The third-order valence-electron chi connectivity index (χ3n) is 5.13. The molecule has 2 unspecified atom stereocenters. The number of aliphatic carboxylic acids is 1. The maximum absolute atomic E-state index is 12.8. The van der Waals surface area contributed by atoms with E-state index in [4.69, 9.17) is 28.3 Å². The molecule has 1 saturated heterocycles. The summed E-state index contributed by atoms with van der Waals surface area (Å²) in [6.45, 7) is 4.41. The van der Waals surface area contributed by atoms with Crippen LogP contribution < -0.4 is 10.6 Å². The molecule has 1 aliphatic heterocycles. The van der Waals surface area contributed by atoms with Crippen LogP contribution in [0.3, 0.4) is 0 Å². The molecule has 2 atom stereocenters. The lowest BCUT2D eigenvalue weighted by Crippen LogP contribution is -2.52. The highest BCUT2D eigenvalue weighted by Crippen LogP contribution is 2.34. The zero-order valence-electron chi connectivity index (χ0n) is 14.4. The molecule has 3 N–H and O–H groups in total. The second kappa shape index (κ2) is 8.39. The lowest BCUT2D eigenvalue weighted by molar-refractivity contribution is -0.141. The third-order valence-corrected chi connectivity index (χ3v) is 5.86. The Morgan fingerprint density at radius 3 is 2.40 bits per heavy atom. The van der Waals surface area contributed by atoms with Gasteiger partial charge in [-0.25, -0.2) is 0 Å². The van der Waals surface area contributed by atoms with Crippen LogP contribution >= 0.6 is 23.2 Å². The van der Waals surface area contributed by atoms with E-state index in [1.807, 2.05) is 19.9 Å². The van der Waals surface area contributed by atoms with Crippen molar-refractivity contribution in [3.63, 3.8) is 0 Å². The van der Waals surface area contributed by atoms with Crippen molar-refractivity contribution in [3.05, 3.63) is 33.8 Å². The molecule has 0 bridgehead atoms. The molecule has 1 heterocycles. The molecule has 0 spiro atoms. The SMILES string of the molecule is CCC(CC)(NC(=O)C1CCC(C(=O)O)NC1)c1ccc(Cl)c(Cl)c1. The topological polar surface area (TPSA) is 78.4 Å². The molecule has 1 amide bonds. The van der Waals surface area contributed by atoms with Gasteiger partial charge in [0.05, 0.1) is 21.5 Å². The molecule has 0 aliphatic carbocycles. The maximum Gasteiger partial charge on any atom is 0.320 e. The molecule has 0 radical (unpaired) electrons. The van der Waals surface area contributed by atoms with Crippen molar-refractivity contribution in [3.8, 4) is 0 Å². The number of rotatable bonds is 6. The molecule has 2 rings (SSSR count). The minimum atomic E-state index is -0.869. The van der Waals surface area contributed by atoms with Crippen LogP contribution in [0.25, 0.3) is 0 Å². The molecule has 1 aliphatic rings. The number of carboxylic acid groups (broad SMARTS) is 1. The van der Waals surface area contributed by atoms with Gasteiger partial charge >= 0.3 is 5.97 Å². The summed E-state index contributed by atoms with van der Waals surface area (Å²) in [5, 5.41) is 16.1. The Morgan fingerprint density at radius 2 is 1.92 bits per heavy atom. The lowest BCUT2D eigenvalue weighted by Gasteiger charge is -2.36. The summed E-state index contributed by atoms with van der Waals surface area (Å²) in [5.74, 6) is -1.17. The number of carbonyl (C=O) groups excluding carboxylic acids is 1. The van der Waals surface area contributed by atoms with Gasteiger partial charge in [0.15, 0.2) is 0 Å². The second-order valence-corrected chi connectivity index (χ2v) is 7.30. The third kappa shape index (κ3) is 4.46. The molecule has 1 aromatic rings. The fourth-order valence-electron chi connectivity index (χ4n) is 3.33. The van der Waals surface area contributed by atoms with Gasteiger partial charge in [-0.3, -0.25) is 9.59 Å². The quantitative estimate of drug-likeness (QED) is 0.697. The minimum Gasteiger partial charge on any atom is -0.480 e. The van der Waals surface area contributed by atoms with Gasteiger partial charge in [-0.2, -0.15) is 0 Å². The molecule has 138 valence electrons. The monoisotopic (exact) mass is 386 g/mol. The predicted octanol–water partition coefficient (Wildman–Crippen LogP) is 3.58. The summed E-state index contributed by atoms with van der Waals surface area (Å²) in [6.07, 6.45) is 2.43. The summed E-state index contributed by atoms with van der Waals surface area (Å²) in [5.41, 5.74) is 0.405.